The third-order valence-electron chi connectivity index (χ3n) is 14.9. The molecule has 0 spiro atoms. The van der Waals surface area contributed by atoms with Gasteiger partial charge in [0.1, 0.15) is 19.8 Å². The van der Waals surface area contributed by atoms with Gasteiger partial charge in [-0.15, -0.1) is 0 Å². The first-order valence-corrected chi connectivity index (χ1v) is 39.3. The number of nitrogens with zero attached hydrogens (tertiary/aromatic N) is 1. The van der Waals surface area contributed by atoms with Crippen LogP contribution in [0.3, 0.4) is 0 Å². The summed E-state index contributed by atoms with van der Waals surface area (Å²) in [7, 11) is 1.42. The van der Waals surface area contributed by atoms with Crippen LogP contribution in [0.15, 0.2) is 243 Å². The summed E-state index contributed by atoms with van der Waals surface area (Å²) < 4.78 is 34.7. The quantitative estimate of drug-likeness (QED) is 0.0211. The zero-order valence-electron chi connectivity index (χ0n) is 62.2. The van der Waals surface area contributed by atoms with Crippen molar-refractivity contribution in [3.05, 3.63) is 243 Å². The molecule has 0 saturated carbocycles. The standard InChI is InChI=1S/C88H136NO8P/c1-6-8-10-12-14-16-18-20-22-24-26-28-30-32-34-36-38-40-42-44-46-48-50-52-54-56-58-60-62-64-66-68-70-72-74-76-78-80-87(90)94-84-86(85-96-98(92,93)95-83-82-89(3,4)5)97-88(91)81-79-77-75-73-71-69-67-65-63-61-59-57-55-53-51-49-47-45-43-41-39-37-35-33-31-29-27-25-23-21-19-17-15-13-11-9-7-2/h8-11,14-17,20-23,26-29,32-35,38-41,44-47,50-53,56-59,62-65,86H,6-7,12-13,18-19,24-25,30-31,36-37,42-43,48-49,54-55,60-61,66-85H2,1-5H3/p+1/b10-8-,11-9-,16-14-,17-15-,22-20-,23-21-,28-26-,29-27-,34-32-,35-33-,40-38-,41-39-,46-44-,47-45-,52-50-,53-51-,58-56-,59-57-,64-62-,65-63-. The van der Waals surface area contributed by atoms with Gasteiger partial charge in [-0.2, -0.15) is 0 Å². The second-order valence-corrected chi connectivity index (χ2v) is 26.7. The summed E-state index contributed by atoms with van der Waals surface area (Å²) in [5.74, 6) is -0.851. The van der Waals surface area contributed by atoms with Crippen LogP contribution in [0.5, 0.6) is 0 Å². The van der Waals surface area contributed by atoms with Gasteiger partial charge in [0.25, 0.3) is 0 Å². The molecule has 0 saturated heterocycles. The van der Waals surface area contributed by atoms with E-state index in [2.05, 4.69) is 257 Å². The number of quaternary nitrogens is 1. The maximum atomic E-state index is 12.9. The molecular formula is C88H137NO8P+. The van der Waals surface area contributed by atoms with Crippen molar-refractivity contribution in [1.29, 1.82) is 0 Å². The Morgan fingerprint density at radius 1 is 0.316 bits per heavy atom. The third-order valence-corrected chi connectivity index (χ3v) is 15.9. The largest absolute Gasteiger partial charge is 0.472 e. The average molecular weight is 1370 g/mol. The van der Waals surface area contributed by atoms with Gasteiger partial charge in [0, 0.05) is 12.8 Å². The lowest BCUT2D eigenvalue weighted by Gasteiger charge is -2.24. The Morgan fingerprint density at radius 3 is 0.816 bits per heavy atom. The van der Waals surface area contributed by atoms with Gasteiger partial charge in [-0.1, -0.05) is 308 Å². The first-order valence-electron chi connectivity index (χ1n) is 37.8. The van der Waals surface area contributed by atoms with Gasteiger partial charge in [0.15, 0.2) is 6.10 Å². The summed E-state index contributed by atoms with van der Waals surface area (Å²) in [4.78, 5) is 35.9. The van der Waals surface area contributed by atoms with Gasteiger partial charge in [-0.3, -0.25) is 18.6 Å². The second-order valence-electron chi connectivity index (χ2n) is 25.2. The summed E-state index contributed by atoms with van der Waals surface area (Å²) in [6.45, 7) is 4.14. The molecule has 0 bridgehead atoms. The van der Waals surface area contributed by atoms with Gasteiger partial charge in [-0.25, -0.2) is 4.57 Å². The Kier molecular flexibility index (Phi) is 70.3. The molecule has 10 heteroatoms. The molecule has 0 aliphatic rings. The van der Waals surface area contributed by atoms with E-state index >= 15 is 0 Å². The Morgan fingerprint density at radius 2 is 0.551 bits per heavy atom. The molecular weight excluding hydrogens is 1230 g/mol. The van der Waals surface area contributed by atoms with Crippen LogP contribution in [-0.4, -0.2) is 74.9 Å². The number of ether oxygens (including phenoxy) is 2. The Labute approximate surface area is 600 Å². The highest BCUT2D eigenvalue weighted by atomic mass is 31.2. The molecule has 0 aromatic carbocycles. The molecule has 2 atom stereocenters. The van der Waals surface area contributed by atoms with Crippen LogP contribution in [0.25, 0.3) is 0 Å². The number of hydrogen-bond donors (Lipinski definition) is 1. The maximum Gasteiger partial charge on any atom is 0.472 e. The highest BCUT2D eigenvalue weighted by molar-refractivity contribution is 7.47. The normalized spacial score (nSPS) is 14.5. The number of carbonyl (C=O) groups is 2. The number of unbranched alkanes of at least 4 members (excludes halogenated alkanes) is 12. The van der Waals surface area contributed by atoms with E-state index in [4.69, 9.17) is 18.5 Å². The van der Waals surface area contributed by atoms with Gasteiger partial charge < -0.3 is 18.9 Å². The number of esters is 2. The summed E-state index contributed by atoms with van der Waals surface area (Å²) in [6.07, 6.45) is 123. The first kappa shape index (κ1) is 91.8. The fourth-order valence-corrected chi connectivity index (χ4v) is 9.93. The van der Waals surface area contributed by atoms with Crippen molar-refractivity contribution < 1.29 is 42.1 Å². The van der Waals surface area contributed by atoms with Crippen molar-refractivity contribution >= 4 is 19.8 Å². The van der Waals surface area contributed by atoms with Crippen molar-refractivity contribution in [2.75, 3.05) is 47.5 Å². The van der Waals surface area contributed by atoms with Gasteiger partial charge >= 0.3 is 19.8 Å². The predicted molar refractivity (Wildman–Crippen MR) is 426 cm³/mol. The second kappa shape index (κ2) is 75.0. The van der Waals surface area contributed by atoms with Crippen LogP contribution < -0.4 is 0 Å². The van der Waals surface area contributed by atoms with Crippen LogP contribution in [0.4, 0.5) is 0 Å². The molecule has 0 fully saturated rings. The number of likely N-dealkylation sites (N-methyl/N-ethyl adjacent to an activating group) is 1. The van der Waals surface area contributed by atoms with E-state index in [1.165, 1.54) is 0 Å². The van der Waals surface area contributed by atoms with E-state index in [0.717, 1.165) is 205 Å². The molecule has 0 amide bonds. The Balaban J connectivity index is 4.21. The molecule has 0 aromatic rings. The fourth-order valence-electron chi connectivity index (χ4n) is 9.19. The number of hydrogen-bond acceptors (Lipinski definition) is 7. The zero-order valence-corrected chi connectivity index (χ0v) is 63.0. The smallest absolute Gasteiger partial charge is 0.462 e. The summed E-state index contributed by atoms with van der Waals surface area (Å²) in [6, 6.07) is 0. The molecule has 98 heavy (non-hydrogen) atoms. The SMILES string of the molecule is CC/C=C\C/C=C\C/C=C\C/C=C\C/C=C\C/C=C\C/C=C\C/C=C\C/C=C\C/C=C\CCCCCCCCC(=O)OCC(COP(=O)(O)OCC[N+](C)(C)C)OC(=O)CCCCCCCC/C=C\C/C=C\C/C=C\C/C=C\C/C=C\C/C=C\C/C=C\C/C=C\C/C=C\C/C=C\CC. The van der Waals surface area contributed by atoms with E-state index < -0.39 is 32.5 Å². The van der Waals surface area contributed by atoms with Crippen LogP contribution in [0.2, 0.25) is 0 Å². The number of rotatable bonds is 66. The number of allylic oxidation sites excluding steroid dienone is 40. The van der Waals surface area contributed by atoms with Crippen molar-refractivity contribution in [3.8, 4) is 0 Å². The number of carbonyl (C=O) groups excluding carboxylic acids is 2. The minimum absolute atomic E-state index is 0.0119. The highest BCUT2D eigenvalue weighted by Crippen LogP contribution is 2.43. The van der Waals surface area contributed by atoms with E-state index in [-0.39, 0.29) is 26.1 Å². The lowest BCUT2D eigenvalue weighted by atomic mass is 10.1. The van der Waals surface area contributed by atoms with Crippen molar-refractivity contribution in [2.45, 2.75) is 251 Å². The lowest BCUT2D eigenvalue weighted by Crippen LogP contribution is -2.37. The summed E-state index contributed by atoms with van der Waals surface area (Å²) in [5.41, 5.74) is 0. The number of phosphoric ester groups is 1. The lowest BCUT2D eigenvalue weighted by molar-refractivity contribution is -0.870. The predicted octanol–water partition coefficient (Wildman–Crippen LogP) is 25.5. The first-order chi connectivity index (χ1) is 48.0. The Bertz CT molecular complexity index is 2560. The molecule has 0 rings (SSSR count). The van der Waals surface area contributed by atoms with Crippen molar-refractivity contribution in [2.24, 2.45) is 0 Å². The van der Waals surface area contributed by atoms with Crippen molar-refractivity contribution in [3.63, 3.8) is 0 Å². The van der Waals surface area contributed by atoms with Gasteiger partial charge in [0.05, 0.1) is 27.7 Å². The topological polar surface area (TPSA) is 108 Å². The fraction of sp³-hybridized carbons (Fsp3) is 0.523. The van der Waals surface area contributed by atoms with Crippen LogP contribution in [0, 0.1) is 0 Å². The van der Waals surface area contributed by atoms with Crippen LogP contribution in [-0.2, 0) is 32.7 Å². The minimum Gasteiger partial charge on any atom is -0.462 e. The molecule has 0 radical (unpaired) electrons. The maximum absolute atomic E-state index is 12.9. The molecule has 0 heterocycles. The third kappa shape index (κ3) is 78.8. The molecule has 1 N–H and O–H groups in total. The van der Waals surface area contributed by atoms with Crippen LogP contribution >= 0.6 is 7.82 Å². The van der Waals surface area contributed by atoms with Crippen molar-refractivity contribution in [1.82, 2.24) is 0 Å². The zero-order chi connectivity index (χ0) is 71.1. The highest BCUT2D eigenvalue weighted by Gasteiger charge is 2.27. The summed E-state index contributed by atoms with van der Waals surface area (Å²) in [5, 5.41) is 0. The van der Waals surface area contributed by atoms with Gasteiger partial charge in [0.2, 0.25) is 0 Å². The minimum atomic E-state index is -4.42. The molecule has 0 aliphatic heterocycles. The average Bonchev–Trinajstić information content (AvgIpc) is 1.14. The molecule has 2 unspecified atom stereocenters. The molecule has 546 valence electrons. The molecule has 0 aliphatic carbocycles. The van der Waals surface area contributed by atoms with E-state index in [1.54, 1.807) is 0 Å². The van der Waals surface area contributed by atoms with E-state index in [1.807, 2.05) is 21.1 Å². The summed E-state index contributed by atoms with van der Waals surface area (Å²) >= 11 is 0. The molecule has 0 aromatic heterocycles. The molecule has 9 nitrogen and oxygen atoms in total. The van der Waals surface area contributed by atoms with Crippen LogP contribution in [0.1, 0.15) is 245 Å². The monoisotopic (exact) mass is 1370 g/mol. The van der Waals surface area contributed by atoms with Gasteiger partial charge in [-0.05, 0) is 167 Å². The number of phosphoric acid groups is 1. The Hall–Kier alpha value is -6.19. The van der Waals surface area contributed by atoms with E-state index in [9.17, 15) is 19.0 Å². The van der Waals surface area contributed by atoms with E-state index in [0.29, 0.717) is 23.9 Å².